The van der Waals surface area contributed by atoms with Gasteiger partial charge in [0.1, 0.15) is 0 Å². The lowest BCUT2D eigenvalue weighted by Crippen LogP contribution is -2.17. The van der Waals surface area contributed by atoms with Gasteiger partial charge in [0, 0.05) is 0 Å². The summed E-state index contributed by atoms with van der Waals surface area (Å²) in [6.45, 7) is 7.50. The number of carboxylic acids is 3. The van der Waals surface area contributed by atoms with Gasteiger partial charge in [-0.05, 0) is 19.9 Å². The molecule has 0 aromatic rings. The summed E-state index contributed by atoms with van der Waals surface area (Å²) in [7, 11) is 0. The van der Waals surface area contributed by atoms with Crippen LogP contribution in [0, 0.1) is 5.92 Å². The van der Waals surface area contributed by atoms with Gasteiger partial charge in [0.2, 0.25) is 0 Å². The normalized spacial score (nSPS) is 11.1. The maximum absolute atomic E-state index is 10.5. The molecule has 7 heteroatoms. The van der Waals surface area contributed by atoms with Crippen molar-refractivity contribution in [3.05, 3.63) is 24.3 Å². The highest BCUT2D eigenvalue weighted by atomic mass is 16.4. The number of carbonyl (C=O) groups is 4. The molecule has 7 nitrogen and oxygen atoms in total. The Bertz CT molecular complexity index is 402. The number of aliphatic carboxylic acids is 3. The lowest BCUT2D eigenvalue weighted by atomic mass is 10.1. The van der Waals surface area contributed by atoms with Gasteiger partial charge >= 0.3 is 17.9 Å². The van der Waals surface area contributed by atoms with Gasteiger partial charge in [0.15, 0.2) is 0 Å². The van der Waals surface area contributed by atoms with Gasteiger partial charge in [-0.2, -0.15) is 0 Å². The van der Waals surface area contributed by atoms with Crippen LogP contribution in [0.3, 0.4) is 0 Å². The van der Waals surface area contributed by atoms with Crippen molar-refractivity contribution in [3.63, 3.8) is 0 Å². The number of rotatable bonds is 6. The van der Waals surface area contributed by atoms with Crippen LogP contribution in [0.2, 0.25) is 0 Å². The highest BCUT2D eigenvalue weighted by Gasteiger charge is 2.18. The Labute approximate surface area is 109 Å². The molecule has 0 aromatic heterocycles. The van der Waals surface area contributed by atoms with Gasteiger partial charge in [-0.3, -0.25) is 14.4 Å². The molecule has 0 rings (SSSR count). The number of hydrogen-bond donors (Lipinski definition) is 3. The van der Waals surface area contributed by atoms with Crippen LogP contribution >= 0.6 is 0 Å². The van der Waals surface area contributed by atoms with Crippen molar-refractivity contribution >= 4 is 23.7 Å². The molecule has 0 radical (unpaired) electrons. The van der Waals surface area contributed by atoms with E-state index in [1.165, 1.54) is 5.57 Å². The summed E-state index contributed by atoms with van der Waals surface area (Å²) in [5.41, 5.74) is 1.17. The van der Waals surface area contributed by atoms with Crippen molar-refractivity contribution in [1.82, 2.24) is 0 Å². The van der Waals surface area contributed by atoms with Gasteiger partial charge < -0.3 is 15.3 Å². The van der Waals surface area contributed by atoms with E-state index in [0.717, 1.165) is 6.08 Å². The fourth-order valence-corrected chi connectivity index (χ4v) is 0.701. The Kier molecular flexibility index (Phi) is 9.53. The van der Waals surface area contributed by atoms with E-state index >= 15 is 0 Å². The monoisotopic (exact) mass is 272 g/mol. The number of carboxylic acid groups (broad SMARTS) is 3. The Balaban J connectivity index is 0. The molecule has 0 saturated heterocycles. The summed E-state index contributed by atoms with van der Waals surface area (Å²) in [4.78, 5) is 41.2. The van der Waals surface area contributed by atoms with E-state index in [9.17, 15) is 19.2 Å². The molecule has 0 bridgehead atoms. The lowest BCUT2D eigenvalue weighted by Gasteiger charge is -2.02. The summed E-state index contributed by atoms with van der Waals surface area (Å²) in [6.07, 6.45) is 0.565. The molecule has 19 heavy (non-hydrogen) atoms. The molecule has 0 aliphatic heterocycles. The predicted octanol–water partition coefficient (Wildman–Crippen LogP) is 0.954. The van der Waals surface area contributed by atoms with Crippen LogP contribution in [0.25, 0.3) is 0 Å². The van der Waals surface area contributed by atoms with Crippen LogP contribution in [-0.2, 0) is 19.2 Å². The number of allylic oxidation sites excluding steroid dienone is 1. The molecule has 0 fully saturated rings. The van der Waals surface area contributed by atoms with Crippen molar-refractivity contribution in [1.29, 1.82) is 0 Å². The first kappa shape index (κ1) is 18.9. The average molecular weight is 272 g/mol. The molecule has 0 saturated carbocycles. The molecule has 0 amide bonds. The highest BCUT2D eigenvalue weighted by Crippen LogP contribution is 2.05. The lowest BCUT2D eigenvalue weighted by molar-refractivity contribution is -0.147. The second-order valence-electron chi connectivity index (χ2n) is 3.78. The molecular formula is C12H16O7. The molecule has 3 N–H and O–H groups in total. The molecule has 0 aromatic carbocycles. The van der Waals surface area contributed by atoms with Crippen LogP contribution in [0.15, 0.2) is 24.3 Å². The van der Waals surface area contributed by atoms with Gasteiger partial charge in [-0.25, -0.2) is 4.79 Å². The summed E-state index contributed by atoms with van der Waals surface area (Å²) < 4.78 is 0. The van der Waals surface area contributed by atoms with E-state index in [4.69, 9.17) is 15.3 Å². The smallest absolute Gasteiger partial charge is 0.376 e. The van der Waals surface area contributed by atoms with Crippen LogP contribution in [0.5, 0.6) is 0 Å². The Morgan fingerprint density at radius 3 is 1.79 bits per heavy atom. The number of carbonyl (C=O) groups excluding carboxylic acids is 1. The van der Waals surface area contributed by atoms with Crippen molar-refractivity contribution in [3.8, 4) is 0 Å². The minimum Gasteiger partial charge on any atom is -0.481 e. The van der Waals surface area contributed by atoms with Gasteiger partial charge in [0.25, 0.3) is 5.78 Å². The van der Waals surface area contributed by atoms with E-state index in [0.29, 0.717) is 6.08 Å². The molecule has 0 aliphatic carbocycles. The van der Waals surface area contributed by atoms with Crippen molar-refractivity contribution in [2.45, 2.75) is 20.3 Å². The Hall–Kier alpha value is -2.44. The summed E-state index contributed by atoms with van der Waals surface area (Å²) in [6, 6.07) is 0. The van der Waals surface area contributed by atoms with Crippen LogP contribution in [0.1, 0.15) is 20.3 Å². The average Bonchev–Trinajstić information content (AvgIpc) is 2.21. The standard InChI is InChI=1S/C8H8O7.C4H8/c9-5(8(14)15)2-1-4(7(12)13)3-6(10)11;1-4(2)3/h1-2,4H,3H2,(H,10,11)(H,12,13)(H,14,15);1H2,2-3H3/b2-1+;. The third kappa shape index (κ3) is 13.5. The zero-order chi connectivity index (χ0) is 15.6. The second-order valence-corrected chi connectivity index (χ2v) is 3.78. The number of ketones is 1. The fraction of sp³-hybridized carbons (Fsp3) is 0.333. The molecule has 1 unspecified atom stereocenters. The van der Waals surface area contributed by atoms with Crippen LogP contribution < -0.4 is 0 Å². The van der Waals surface area contributed by atoms with E-state index in [1.807, 2.05) is 13.8 Å². The molecule has 106 valence electrons. The minimum atomic E-state index is -1.73. The second kappa shape index (κ2) is 9.58. The third-order valence-electron chi connectivity index (χ3n) is 1.40. The van der Waals surface area contributed by atoms with E-state index in [-0.39, 0.29) is 0 Å². The van der Waals surface area contributed by atoms with E-state index in [2.05, 4.69) is 6.58 Å². The van der Waals surface area contributed by atoms with Crippen molar-refractivity contribution in [2.24, 2.45) is 5.92 Å². The molecule has 1 atom stereocenters. The zero-order valence-corrected chi connectivity index (χ0v) is 10.6. The predicted molar refractivity (Wildman–Crippen MR) is 65.6 cm³/mol. The summed E-state index contributed by atoms with van der Waals surface area (Å²) >= 11 is 0. The molecule has 0 heterocycles. The van der Waals surface area contributed by atoms with Crippen molar-refractivity contribution < 1.29 is 34.5 Å². The van der Waals surface area contributed by atoms with Crippen LogP contribution in [-0.4, -0.2) is 39.0 Å². The van der Waals surface area contributed by atoms with Crippen LogP contribution in [0.4, 0.5) is 0 Å². The first-order valence-corrected chi connectivity index (χ1v) is 5.10. The SMILES string of the molecule is C=C(C)C.O=C(O)CC(/C=C/C(=O)C(=O)O)C(=O)O. The Morgan fingerprint density at radius 2 is 1.53 bits per heavy atom. The molecule has 0 spiro atoms. The highest BCUT2D eigenvalue weighted by molar-refractivity contribution is 6.37. The zero-order valence-electron chi connectivity index (χ0n) is 10.6. The first-order valence-electron chi connectivity index (χ1n) is 5.10. The fourth-order valence-electron chi connectivity index (χ4n) is 0.701. The van der Waals surface area contributed by atoms with E-state index in [1.54, 1.807) is 0 Å². The maximum Gasteiger partial charge on any atom is 0.376 e. The van der Waals surface area contributed by atoms with Gasteiger partial charge in [0.05, 0.1) is 12.3 Å². The number of hydrogen-bond acceptors (Lipinski definition) is 4. The van der Waals surface area contributed by atoms with Crippen molar-refractivity contribution in [2.75, 3.05) is 0 Å². The van der Waals surface area contributed by atoms with Gasteiger partial charge in [-0.1, -0.05) is 11.6 Å². The maximum atomic E-state index is 10.5. The quantitative estimate of drug-likeness (QED) is 0.373. The van der Waals surface area contributed by atoms with Gasteiger partial charge in [-0.15, -0.1) is 6.58 Å². The Morgan fingerprint density at radius 1 is 1.11 bits per heavy atom. The third-order valence-corrected chi connectivity index (χ3v) is 1.40. The molecular weight excluding hydrogens is 256 g/mol. The topological polar surface area (TPSA) is 129 Å². The summed E-state index contributed by atoms with van der Waals surface area (Å²) in [5, 5.41) is 25.0. The van der Waals surface area contributed by atoms with E-state index < -0.39 is 36.0 Å². The first-order chi connectivity index (χ1) is 8.57. The minimum absolute atomic E-state index is 0.532. The summed E-state index contributed by atoms with van der Waals surface area (Å²) in [5.74, 6) is -7.23. The molecule has 0 aliphatic rings. The largest absolute Gasteiger partial charge is 0.481 e.